The van der Waals surface area contributed by atoms with E-state index in [1.807, 2.05) is 18.2 Å². The first-order valence-electron chi connectivity index (χ1n) is 5.50. The molecule has 19 heavy (non-hydrogen) atoms. The third-order valence-corrected chi connectivity index (χ3v) is 3.41. The molecule has 1 nitrogen and oxygen atoms in total. The van der Waals surface area contributed by atoms with Gasteiger partial charge in [-0.2, -0.15) is 0 Å². The largest absolute Gasteiger partial charge is 0.289 e. The van der Waals surface area contributed by atoms with Gasteiger partial charge in [-0.3, -0.25) is 4.79 Å². The minimum Gasteiger partial charge on any atom is -0.289 e. The van der Waals surface area contributed by atoms with Crippen molar-refractivity contribution in [2.24, 2.45) is 0 Å². The van der Waals surface area contributed by atoms with Crippen LogP contribution in [-0.2, 0) is 0 Å². The van der Waals surface area contributed by atoms with Gasteiger partial charge in [0.1, 0.15) is 0 Å². The zero-order valence-corrected chi connectivity index (χ0v) is 12.0. The summed E-state index contributed by atoms with van der Waals surface area (Å²) < 4.78 is 0. The Morgan fingerprint density at radius 3 is 2.37 bits per heavy atom. The van der Waals surface area contributed by atoms with Gasteiger partial charge in [0.25, 0.3) is 0 Å². The van der Waals surface area contributed by atoms with Crippen LogP contribution in [0.1, 0.15) is 15.9 Å². The first-order valence-corrected chi connectivity index (χ1v) is 6.63. The van der Waals surface area contributed by atoms with Crippen LogP contribution in [0.4, 0.5) is 0 Å². The highest BCUT2D eigenvalue weighted by Crippen LogP contribution is 2.22. The number of halogens is 3. The SMILES string of the molecule is O=C(/C=C\c1ccccc1Cl)c1ccc(Cl)cc1Cl. The Morgan fingerprint density at radius 1 is 0.947 bits per heavy atom. The highest BCUT2D eigenvalue weighted by atomic mass is 35.5. The fourth-order valence-electron chi connectivity index (χ4n) is 1.55. The number of carbonyl (C=O) groups is 1. The molecule has 2 rings (SSSR count). The summed E-state index contributed by atoms with van der Waals surface area (Å²) in [6.07, 6.45) is 3.10. The molecule has 0 radical (unpaired) electrons. The molecule has 0 saturated heterocycles. The van der Waals surface area contributed by atoms with Gasteiger partial charge in [0.05, 0.1) is 5.02 Å². The van der Waals surface area contributed by atoms with E-state index in [-0.39, 0.29) is 5.78 Å². The summed E-state index contributed by atoms with van der Waals surface area (Å²) in [5, 5.41) is 1.42. The summed E-state index contributed by atoms with van der Waals surface area (Å²) in [4.78, 5) is 12.0. The van der Waals surface area contributed by atoms with Gasteiger partial charge in [-0.05, 0) is 42.0 Å². The van der Waals surface area contributed by atoms with Crippen molar-refractivity contribution >= 4 is 46.7 Å². The van der Waals surface area contributed by atoms with Crippen LogP contribution in [0.2, 0.25) is 15.1 Å². The van der Waals surface area contributed by atoms with Crippen molar-refractivity contribution < 1.29 is 4.79 Å². The maximum atomic E-state index is 12.0. The Hall–Kier alpha value is -1.28. The number of rotatable bonds is 3. The average Bonchev–Trinajstić information content (AvgIpc) is 2.37. The minimum absolute atomic E-state index is 0.193. The van der Waals surface area contributed by atoms with Crippen LogP contribution in [0.25, 0.3) is 6.08 Å². The normalized spacial score (nSPS) is 10.9. The summed E-state index contributed by atoms with van der Waals surface area (Å²) in [7, 11) is 0. The zero-order chi connectivity index (χ0) is 13.8. The van der Waals surface area contributed by atoms with Crippen molar-refractivity contribution in [1.82, 2.24) is 0 Å². The van der Waals surface area contributed by atoms with Crippen LogP contribution in [0.3, 0.4) is 0 Å². The fraction of sp³-hybridized carbons (Fsp3) is 0. The lowest BCUT2D eigenvalue weighted by Crippen LogP contribution is -1.95. The molecule has 2 aromatic carbocycles. The molecule has 0 bridgehead atoms. The molecule has 0 saturated carbocycles. The van der Waals surface area contributed by atoms with Crippen LogP contribution < -0.4 is 0 Å². The van der Waals surface area contributed by atoms with E-state index < -0.39 is 0 Å². The molecule has 96 valence electrons. The molecule has 0 unspecified atom stereocenters. The summed E-state index contributed by atoms with van der Waals surface area (Å²) in [6.45, 7) is 0. The highest BCUT2D eigenvalue weighted by molar-refractivity contribution is 6.37. The van der Waals surface area contributed by atoms with E-state index in [1.165, 1.54) is 6.08 Å². The fourth-order valence-corrected chi connectivity index (χ4v) is 2.26. The lowest BCUT2D eigenvalue weighted by molar-refractivity contribution is 0.104. The van der Waals surface area contributed by atoms with Gasteiger partial charge >= 0.3 is 0 Å². The summed E-state index contributed by atoms with van der Waals surface area (Å²) >= 11 is 17.8. The lowest BCUT2D eigenvalue weighted by Gasteiger charge is -2.01. The first-order chi connectivity index (χ1) is 9.08. The topological polar surface area (TPSA) is 17.1 Å². The molecule has 0 aliphatic rings. The molecule has 0 fully saturated rings. The predicted molar refractivity (Wildman–Crippen MR) is 81.3 cm³/mol. The van der Waals surface area contributed by atoms with E-state index in [1.54, 1.807) is 30.3 Å². The minimum atomic E-state index is -0.193. The summed E-state index contributed by atoms with van der Waals surface area (Å²) in [5.41, 5.74) is 1.19. The number of hydrogen-bond donors (Lipinski definition) is 0. The van der Waals surface area contributed by atoms with Crippen LogP contribution in [0.15, 0.2) is 48.5 Å². The number of hydrogen-bond acceptors (Lipinski definition) is 1. The van der Waals surface area contributed by atoms with Crippen molar-refractivity contribution in [2.75, 3.05) is 0 Å². The van der Waals surface area contributed by atoms with Crippen molar-refractivity contribution in [3.63, 3.8) is 0 Å². The zero-order valence-electron chi connectivity index (χ0n) is 9.74. The smallest absolute Gasteiger partial charge is 0.187 e. The Morgan fingerprint density at radius 2 is 1.68 bits per heavy atom. The number of allylic oxidation sites excluding steroid dienone is 1. The summed E-state index contributed by atoms with van der Waals surface area (Å²) in [6, 6.07) is 12.0. The van der Waals surface area contributed by atoms with E-state index in [2.05, 4.69) is 0 Å². The lowest BCUT2D eigenvalue weighted by atomic mass is 10.1. The van der Waals surface area contributed by atoms with E-state index in [9.17, 15) is 4.79 Å². The maximum absolute atomic E-state index is 12.0. The van der Waals surface area contributed by atoms with Gasteiger partial charge in [-0.1, -0.05) is 53.0 Å². The van der Waals surface area contributed by atoms with Gasteiger partial charge in [0.2, 0.25) is 0 Å². The Bertz CT molecular complexity index is 648. The molecule has 0 amide bonds. The molecule has 0 atom stereocenters. The molecule has 0 heterocycles. The van der Waals surface area contributed by atoms with Crippen LogP contribution in [0, 0.1) is 0 Å². The van der Waals surface area contributed by atoms with Gasteiger partial charge in [0, 0.05) is 15.6 Å². The maximum Gasteiger partial charge on any atom is 0.187 e. The predicted octanol–water partition coefficient (Wildman–Crippen LogP) is 5.54. The Labute approximate surface area is 126 Å². The monoisotopic (exact) mass is 310 g/mol. The first kappa shape index (κ1) is 14.1. The van der Waals surface area contributed by atoms with E-state index in [4.69, 9.17) is 34.8 Å². The Kier molecular flexibility index (Phi) is 4.65. The number of ketones is 1. The molecule has 0 aromatic heterocycles. The van der Waals surface area contributed by atoms with Crippen LogP contribution in [0.5, 0.6) is 0 Å². The van der Waals surface area contributed by atoms with Crippen LogP contribution >= 0.6 is 34.8 Å². The second-order valence-electron chi connectivity index (χ2n) is 3.84. The van der Waals surface area contributed by atoms with Crippen molar-refractivity contribution in [3.8, 4) is 0 Å². The second kappa shape index (κ2) is 6.25. The molecule has 0 spiro atoms. The van der Waals surface area contributed by atoms with Crippen molar-refractivity contribution in [2.45, 2.75) is 0 Å². The molecule has 2 aromatic rings. The van der Waals surface area contributed by atoms with Gasteiger partial charge in [-0.15, -0.1) is 0 Å². The molecule has 0 aliphatic heterocycles. The van der Waals surface area contributed by atoms with Crippen LogP contribution in [-0.4, -0.2) is 5.78 Å². The molecular weight excluding hydrogens is 303 g/mol. The molecule has 4 heteroatoms. The van der Waals surface area contributed by atoms with Crippen molar-refractivity contribution in [1.29, 1.82) is 0 Å². The quantitative estimate of drug-likeness (QED) is 0.537. The average molecular weight is 312 g/mol. The molecular formula is C15H9Cl3O. The molecule has 0 N–H and O–H groups in total. The number of benzene rings is 2. The third-order valence-electron chi connectivity index (χ3n) is 2.52. The van der Waals surface area contributed by atoms with E-state index in [0.29, 0.717) is 20.6 Å². The number of carbonyl (C=O) groups excluding carboxylic acids is 1. The molecule has 0 aliphatic carbocycles. The van der Waals surface area contributed by atoms with Gasteiger partial charge < -0.3 is 0 Å². The van der Waals surface area contributed by atoms with Gasteiger partial charge in [-0.25, -0.2) is 0 Å². The van der Waals surface area contributed by atoms with Crippen molar-refractivity contribution in [3.05, 3.63) is 74.7 Å². The van der Waals surface area contributed by atoms with Gasteiger partial charge in [0.15, 0.2) is 5.78 Å². The Balaban J connectivity index is 2.24. The van der Waals surface area contributed by atoms with E-state index >= 15 is 0 Å². The summed E-state index contributed by atoms with van der Waals surface area (Å²) in [5.74, 6) is -0.193. The third kappa shape index (κ3) is 3.60. The standard InChI is InChI=1S/C15H9Cl3O/c16-11-6-7-12(14(18)9-11)15(19)8-5-10-3-1-2-4-13(10)17/h1-9H/b8-5-. The van der Waals surface area contributed by atoms with E-state index in [0.717, 1.165) is 5.56 Å². The second-order valence-corrected chi connectivity index (χ2v) is 5.09. The highest BCUT2D eigenvalue weighted by Gasteiger charge is 2.07.